The van der Waals surface area contributed by atoms with E-state index in [9.17, 15) is 14.4 Å². The van der Waals surface area contributed by atoms with Gasteiger partial charge in [-0.1, -0.05) is 18.2 Å². The van der Waals surface area contributed by atoms with Gasteiger partial charge in [-0.3, -0.25) is 4.79 Å². The molecule has 118 valence electrons. The molecule has 1 aromatic heterocycles. The number of halogens is 1. The van der Waals surface area contributed by atoms with Crippen LogP contribution in [-0.2, 0) is 4.79 Å². The number of ketones is 1. The van der Waals surface area contributed by atoms with Crippen molar-refractivity contribution in [2.24, 2.45) is 0 Å². The number of benzene rings is 2. The van der Waals surface area contributed by atoms with E-state index in [1.54, 1.807) is 6.07 Å². The number of hydrogen-bond acceptors (Lipinski definition) is 5. The Hall–Kier alpha value is -2.78. The molecule has 1 aliphatic rings. The molecule has 0 saturated carbocycles. The number of hydrogen-bond donors (Lipinski definition) is 0. The minimum absolute atomic E-state index is 0.232. The highest BCUT2D eigenvalue weighted by atomic mass is 32.1. The first-order chi connectivity index (χ1) is 11.7. The van der Waals surface area contributed by atoms with Crippen molar-refractivity contribution in [1.29, 1.82) is 5.26 Å². The zero-order valence-electron chi connectivity index (χ0n) is 12.4. The number of carbonyl (C=O) groups is 1. The fraction of sp³-hybridized carbons (Fsp3) is 0.167. The molecule has 1 aliphatic heterocycles. The molecule has 4 rings (SSSR count). The molecule has 2 heterocycles. The predicted octanol–water partition coefficient (Wildman–Crippen LogP) is 3.79. The number of fused-ring (bicyclic) bond motifs is 2. The summed E-state index contributed by atoms with van der Waals surface area (Å²) in [6, 6.07) is 13.6. The van der Waals surface area contributed by atoms with Crippen LogP contribution in [0.15, 0.2) is 42.5 Å². The molecule has 0 spiro atoms. The second-order valence-corrected chi connectivity index (χ2v) is 6.59. The van der Waals surface area contributed by atoms with E-state index >= 15 is 0 Å². The van der Waals surface area contributed by atoms with E-state index in [1.807, 2.05) is 24.3 Å². The molecule has 0 amide bonds. The second-order valence-electron chi connectivity index (χ2n) is 5.53. The number of aromatic nitrogens is 1. The first-order valence-corrected chi connectivity index (χ1v) is 8.20. The quantitative estimate of drug-likeness (QED) is 0.729. The minimum atomic E-state index is -0.981. The molecule has 0 bridgehead atoms. The highest BCUT2D eigenvalue weighted by Crippen LogP contribution is 2.38. The van der Waals surface area contributed by atoms with Crippen LogP contribution in [0.1, 0.15) is 22.4 Å². The highest BCUT2D eigenvalue weighted by molar-refractivity contribution is 7.18. The number of Topliss-reactive ketones (excluding diaryl/α,β-unsaturated/α-hetero) is 1. The molecule has 0 radical (unpaired) electrons. The van der Waals surface area contributed by atoms with Gasteiger partial charge in [0.2, 0.25) is 0 Å². The summed E-state index contributed by atoms with van der Waals surface area (Å²) < 4.78 is 19.6. The van der Waals surface area contributed by atoms with Crippen molar-refractivity contribution in [3.05, 3.63) is 58.9 Å². The number of ether oxygens (including phenoxy) is 1. The Morgan fingerprint density at radius 3 is 3.04 bits per heavy atom. The fourth-order valence-electron chi connectivity index (χ4n) is 2.88. The number of nitriles is 1. The van der Waals surface area contributed by atoms with Crippen LogP contribution in [0.25, 0.3) is 10.2 Å². The van der Waals surface area contributed by atoms with E-state index in [-0.39, 0.29) is 12.4 Å². The standard InChI is InChI=1S/C18H11FN2O2S/c19-10-5-6-16-14(7-10)21-18(24-16)12(8-20)17(22)13-9-23-15-4-2-1-3-11(13)15/h1-7,12-13H,9H2/t12-,13-/m0/s1. The summed E-state index contributed by atoms with van der Waals surface area (Å²) in [5.74, 6) is -1.40. The zero-order valence-corrected chi connectivity index (χ0v) is 13.2. The maximum absolute atomic E-state index is 13.3. The molecule has 2 atom stereocenters. The van der Waals surface area contributed by atoms with Gasteiger partial charge in [-0.2, -0.15) is 5.26 Å². The number of para-hydroxylation sites is 1. The summed E-state index contributed by atoms with van der Waals surface area (Å²) in [6.45, 7) is 0.232. The van der Waals surface area contributed by atoms with Crippen LogP contribution in [0.3, 0.4) is 0 Å². The first-order valence-electron chi connectivity index (χ1n) is 7.38. The van der Waals surface area contributed by atoms with Crippen LogP contribution in [0.2, 0.25) is 0 Å². The molecule has 0 aliphatic carbocycles. The van der Waals surface area contributed by atoms with E-state index in [1.165, 1.54) is 23.5 Å². The summed E-state index contributed by atoms with van der Waals surface area (Å²) in [6.07, 6.45) is 0. The van der Waals surface area contributed by atoms with E-state index in [0.29, 0.717) is 16.3 Å². The third-order valence-electron chi connectivity index (χ3n) is 4.07. The molecule has 0 N–H and O–H groups in total. The summed E-state index contributed by atoms with van der Waals surface area (Å²) in [7, 11) is 0. The Balaban J connectivity index is 1.70. The van der Waals surface area contributed by atoms with Gasteiger partial charge in [0.1, 0.15) is 23.2 Å². The van der Waals surface area contributed by atoms with Gasteiger partial charge in [0, 0.05) is 11.6 Å². The number of nitrogens with zero attached hydrogens (tertiary/aromatic N) is 2. The van der Waals surface area contributed by atoms with E-state index in [0.717, 1.165) is 10.3 Å². The molecule has 0 saturated heterocycles. The average molecular weight is 338 g/mol. The van der Waals surface area contributed by atoms with Crippen LogP contribution in [0, 0.1) is 17.1 Å². The topological polar surface area (TPSA) is 63.0 Å². The summed E-state index contributed by atoms with van der Waals surface area (Å²) >= 11 is 1.25. The smallest absolute Gasteiger partial charge is 0.167 e. The van der Waals surface area contributed by atoms with Gasteiger partial charge in [0.05, 0.1) is 22.2 Å². The molecular weight excluding hydrogens is 327 g/mol. The lowest BCUT2D eigenvalue weighted by atomic mass is 9.89. The fourth-order valence-corrected chi connectivity index (χ4v) is 3.88. The van der Waals surface area contributed by atoms with Crippen molar-refractivity contribution in [2.45, 2.75) is 11.8 Å². The van der Waals surface area contributed by atoms with Crippen LogP contribution < -0.4 is 4.74 Å². The Kier molecular flexibility index (Phi) is 3.51. The molecular formula is C18H11FN2O2S. The lowest BCUT2D eigenvalue weighted by Gasteiger charge is -2.10. The highest BCUT2D eigenvalue weighted by Gasteiger charge is 2.36. The van der Waals surface area contributed by atoms with Gasteiger partial charge in [0.25, 0.3) is 0 Å². The Bertz CT molecular complexity index is 992. The molecule has 2 aromatic carbocycles. The van der Waals surface area contributed by atoms with Crippen molar-refractivity contribution < 1.29 is 13.9 Å². The Morgan fingerprint density at radius 1 is 1.38 bits per heavy atom. The minimum Gasteiger partial charge on any atom is -0.492 e. The van der Waals surface area contributed by atoms with Crippen molar-refractivity contribution in [1.82, 2.24) is 4.98 Å². The van der Waals surface area contributed by atoms with Crippen molar-refractivity contribution in [2.75, 3.05) is 6.61 Å². The largest absolute Gasteiger partial charge is 0.492 e. The summed E-state index contributed by atoms with van der Waals surface area (Å²) in [5.41, 5.74) is 1.26. The van der Waals surface area contributed by atoms with Gasteiger partial charge < -0.3 is 4.74 Å². The lowest BCUT2D eigenvalue weighted by Crippen LogP contribution is -2.20. The predicted molar refractivity (Wildman–Crippen MR) is 87.6 cm³/mol. The lowest BCUT2D eigenvalue weighted by molar-refractivity contribution is -0.121. The Labute approximate surface area is 141 Å². The van der Waals surface area contributed by atoms with Gasteiger partial charge in [-0.25, -0.2) is 9.37 Å². The molecule has 0 fully saturated rings. The average Bonchev–Trinajstić information content (AvgIpc) is 3.18. The molecule has 4 nitrogen and oxygen atoms in total. The monoisotopic (exact) mass is 338 g/mol. The number of rotatable bonds is 3. The molecule has 24 heavy (non-hydrogen) atoms. The molecule has 6 heteroatoms. The number of carbonyl (C=O) groups excluding carboxylic acids is 1. The normalized spacial score (nSPS) is 17.1. The maximum atomic E-state index is 13.3. The van der Waals surface area contributed by atoms with Crippen LogP contribution in [-0.4, -0.2) is 17.4 Å². The van der Waals surface area contributed by atoms with Crippen LogP contribution in [0.5, 0.6) is 5.75 Å². The Morgan fingerprint density at radius 2 is 2.21 bits per heavy atom. The van der Waals surface area contributed by atoms with Gasteiger partial charge in [-0.15, -0.1) is 11.3 Å². The maximum Gasteiger partial charge on any atom is 0.167 e. The van der Waals surface area contributed by atoms with Crippen molar-refractivity contribution >= 4 is 27.3 Å². The third kappa shape index (κ3) is 2.34. The first kappa shape index (κ1) is 14.8. The SMILES string of the molecule is N#C[C@@H](C(=O)[C@H]1COc2ccccc21)c1nc2cc(F)ccc2s1. The van der Waals surface area contributed by atoms with Gasteiger partial charge in [-0.05, 0) is 18.2 Å². The van der Waals surface area contributed by atoms with E-state index in [4.69, 9.17) is 4.74 Å². The van der Waals surface area contributed by atoms with Gasteiger partial charge in [0.15, 0.2) is 11.7 Å². The summed E-state index contributed by atoms with van der Waals surface area (Å²) in [4.78, 5) is 17.2. The van der Waals surface area contributed by atoms with Crippen LogP contribution in [0.4, 0.5) is 4.39 Å². The van der Waals surface area contributed by atoms with E-state index < -0.39 is 17.7 Å². The third-order valence-corrected chi connectivity index (χ3v) is 5.17. The number of thiazole rings is 1. The van der Waals surface area contributed by atoms with Crippen LogP contribution >= 0.6 is 11.3 Å². The van der Waals surface area contributed by atoms with Crippen molar-refractivity contribution in [3.63, 3.8) is 0 Å². The van der Waals surface area contributed by atoms with Crippen molar-refractivity contribution in [3.8, 4) is 11.8 Å². The van der Waals surface area contributed by atoms with Gasteiger partial charge >= 0.3 is 0 Å². The zero-order chi connectivity index (χ0) is 16.7. The second kappa shape index (κ2) is 5.69. The molecule has 0 unspecified atom stereocenters. The molecule has 3 aromatic rings. The van der Waals surface area contributed by atoms with E-state index in [2.05, 4.69) is 11.1 Å². The summed E-state index contributed by atoms with van der Waals surface area (Å²) in [5, 5.41) is 9.91.